The van der Waals surface area contributed by atoms with E-state index in [1.165, 1.54) is 44.1 Å². The fourth-order valence-corrected chi connectivity index (χ4v) is 5.71. The second-order valence-electron chi connectivity index (χ2n) is 9.03. The number of hydrogen-bond acceptors (Lipinski definition) is 7. The molecule has 34 heavy (non-hydrogen) atoms. The highest BCUT2D eigenvalue weighted by Crippen LogP contribution is 2.32. The van der Waals surface area contributed by atoms with Crippen LogP contribution in [0, 0.1) is 0 Å². The first-order valence-corrected chi connectivity index (χ1v) is 12.7. The van der Waals surface area contributed by atoms with Gasteiger partial charge in [-0.2, -0.15) is 0 Å². The van der Waals surface area contributed by atoms with Crippen molar-refractivity contribution in [3.05, 3.63) is 66.2 Å². The van der Waals surface area contributed by atoms with E-state index in [1.54, 1.807) is 23.5 Å². The summed E-state index contributed by atoms with van der Waals surface area (Å²) in [6.45, 7) is 8.56. The number of rotatable bonds is 5. The molecule has 1 saturated carbocycles. The number of esters is 1. The average Bonchev–Trinajstić information content (AvgIpc) is 3.39. The molecule has 3 aromatic rings. The number of benzene rings is 2. The van der Waals surface area contributed by atoms with Crippen LogP contribution in [-0.2, 0) is 4.74 Å². The van der Waals surface area contributed by atoms with Crippen LogP contribution in [0.15, 0.2) is 60.7 Å². The van der Waals surface area contributed by atoms with Crippen molar-refractivity contribution in [2.45, 2.75) is 31.7 Å². The van der Waals surface area contributed by atoms with Gasteiger partial charge in [0.25, 0.3) is 0 Å². The van der Waals surface area contributed by atoms with Gasteiger partial charge in [-0.05, 0) is 62.1 Å². The van der Waals surface area contributed by atoms with Gasteiger partial charge in [0.1, 0.15) is 10.0 Å². The smallest absolute Gasteiger partial charge is 0.337 e. The molecule has 2 heterocycles. The number of carbonyl (C=O) groups is 1. The van der Waals surface area contributed by atoms with Crippen molar-refractivity contribution in [1.29, 1.82) is 0 Å². The Kier molecular flexibility index (Phi) is 6.74. The minimum absolute atomic E-state index is 0.341. The Labute approximate surface area is 204 Å². The molecular weight excluding hydrogens is 444 g/mol. The van der Waals surface area contributed by atoms with Crippen LogP contribution in [0.2, 0.25) is 0 Å². The maximum absolute atomic E-state index is 11.6. The van der Waals surface area contributed by atoms with Crippen LogP contribution < -0.4 is 4.90 Å². The Morgan fingerprint density at radius 1 is 0.912 bits per heavy atom. The van der Waals surface area contributed by atoms with Crippen LogP contribution in [0.25, 0.3) is 21.1 Å². The van der Waals surface area contributed by atoms with Crippen molar-refractivity contribution in [1.82, 2.24) is 15.1 Å². The first-order valence-electron chi connectivity index (χ1n) is 11.9. The van der Waals surface area contributed by atoms with Gasteiger partial charge >= 0.3 is 5.97 Å². The maximum atomic E-state index is 11.6. The quantitative estimate of drug-likeness (QED) is 0.370. The van der Waals surface area contributed by atoms with E-state index in [-0.39, 0.29) is 5.97 Å². The molecule has 6 nitrogen and oxygen atoms in total. The molecule has 0 spiro atoms. The number of ether oxygens (including phenoxy) is 1. The van der Waals surface area contributed by atoms with Crippen molar-refractivity contribution < 1.29 is 9.53 Å². The molecule has 176 valence electrons. The van der Waals surface area contributed by atoms with Crippen LogP contribution in [0.1, 0.15) is 36.0 Å². The number of anilines is 1. The first kappa shape index (κ1) is 22.7. The summed E-state index contributed by atoms with van der Waals surface area (Å²) < 4.78 is 4.76. The molecule has 2 fully saturated rings. The molecule has 5 rings (SSSR count). The Bertz CT molecular complexity index is 1140. The zero-order chi connectivity index (χ0) is 23.5. The van der Waals surface area contributed by atoms with Crippen LogP contribution >= 0.6 is 11.3 Å². The molecule has 1 aliphatic carbocycles. The van der Waals surface area contributed by atoms with Crippen molar-refractivity contribution in [2.75, 3.05) is 38.2 Å². The minimum atomic E-state index is -0.341. The molecule has 0 radical (unpaired) electrons. The van der Waals surface area contributed by atoms with Crippen LogP contribution in [-0.4, -0.2) is 60.4 Å². The zero-order valence-corrected chi connectivity index (χ0v) is 20.4. The van der Waals surface area contributed by atoms with E-state index in [4.69, 9.17) is 4.74 Å². The number of allylic oxidation sites excluding steroid dienone is 1. The molecule has 0 N–H and O–H groups in total. The normalized spacial score (nSPS) is 17.7. The van der Waals surface area contributed by atoms with Crippen LogP contribution in [0.4, 0.5) is 5.69 Å². The van der Waals surface area contributed by atoms with Gasteiger partial charge in [-0.1, -0.05) is 35.6 Å². The Morgan fingerprint density at radius 3 is 2.03 bits per heavy atom. The molecule has 7 heteroatoms. The predicted molar refractivity (Wildman–Crippen MR) is 137 cm³/mol. The lowest BCUT2D eigenvalue weighted by Gasteiger charge is -2.41. The SMILES string of the molecule is C=C1CCC(N2CCN(c3ccc(-c4nnc(-c5ccc(C(=O)OC)cc5)s4)cc3)CC2)CC1. The number of aromatic nitrogens is 2. The topological polar surface area (TPSA) is 58.6 Å². The number of hydrogen-bond donors (Lipinski definition) is 0. The van der Waals surface area contributed by atoms with Crippen molar-refractivity contribution >= 4 is 23.0 Å². The predicted octanol–water partition coefficient (Wildman–Crippen LogP) is 5.28. The summed E-state index contributed by atoms with van der Waals surface area (Å²) in [4.78, 5) is 16.8. The van der Waals surface area contributed by atoms with Gasteiger partial charge in [0.2, 0.25) is 0 Å². The Hall–Kier alpha value is -3.03. The molecule has 2 aliphatic rings. The van der Waals surface area contributed by atoms with E-state index >= 15 is 0 Å². The molecular formula is C27H30N4O2S. The van der Waals surface area contributed by atoms with Crippen molar-refractivity contribution in [3.63, 3.8) is 0 Å². The third-order valence-electron chi connectivity index (χ3n) is 6.95. The van der Waals surface area contributed by atoms with E-state index < -0.39 is 0 Å². The summed E-state index contributed by atoms with van der Waals surface area (Å²) in [7, 11) is 1.38. The summed E-state index contributed by atoms with van der Waals surface area (Å²) in [5.74, 6) is -0.341. The number of methoxy groups -OCH3 is 1. The molecule has 1 aromatic heterocycles. The van der Waals surface area contributed by atoms with Crippen LogP contribution in [0.3, 0.4) is 0 Å². The molecule has 0 bridgehead atoms. The lowest BCUT2D eigenvalue weighted by atomic mass is 9.90. The lowest BCUT2D eigenvalue weighted by molar-refractivity contribution is 0.0601. The van der Waals surface area contributed by atoms with Crippen molar-refractivity contribution in [2.24, 2.45) is 0 Å². The number of piperazine rings is 1. The molecule has 0 amide bonds. The lowest BCUT2D eigenvalue weighted by Crippen LogP contribution is -2.50. The number of nitrogens with zero attached hydrogens (tertiary/aromatic N) is 4. The zero-order valence-electron chi connectivity index (χ0n) is 19.6. The molecule has 1 aliphatic heterocycles. The van der Waals surface area contributed by atoms with E-state index in [1.807, 2.05) is 12.1 Å². The van der Waals surface area contributed by atoms with Gasteiger partial charge in [0.05, 0.1) is 12.7 Å². The fraction of sp³-hybridized carbons (Fsp3) is 0.370. The minimum Gasteiger partial charge on any atom is -0.465 e. The monoisotopic (exact) mass is 474 g/mol. The summed E-state index contributed by atoms with van der Waals surface area (Å²) in [5.41, 5.74) is 5.22. The largest absolute Gasteiger partial charge is 0.465 e. The van der Waals surface area contributed by atoms with Gasteiger partial charge < -0.3 is 9.64 Å². The third-order valence-corrected chi connectivity index (χ3v) is 7.97. The fourth-order valence-electron chi connectivity index (χ4n) is 4.86. The Balaban J connectivity index is 1.20. The summed E-state index contributed by atoms with van der Waals surface area (Å²) >= 11 is 1.55. The highest BCUT2D eigenvalue weighted by molar-refractivity contribution is 7.17. The van der Waals surface area contributed by atoms with E-state index in [0.29, 0.717) is 5.56 Å². The van der Waals surface area contributed by atoms with Gasteiger partial charge in [0.15, 0.2) is 0 Å². The number of carbonyl (C=O) groups excluding carboxylic acids is 1. The summed E-state index contributed by atoms with van der Waals surface area (Å²) in [5, 5.41) is 10.5. The van der Waals surface area contributed by atoms with Gasteiger partial charge in [-0.25, -0.2) is 4.79 Å². The summed E-state index contributed by atoms with van der Waals surface area (Å²) in [6.07, 6.45) is 4.93. The highest BCUT2D eigenvalue weighted by atomic mass is 32.1. The average molecular weight is 475 g/mol. The second kappa shape index (κ2) is 10.1. The van der Waals surface area contributed by atoms with E-state index in [0.717, 1.165) is 53.4 Å². The van der Waals surface area contributed by atoms with Crippen molar-refractivity contribution in [3.8, 4) is 21.1 Å². The van der Waals surface area contributed by atoms with Crippen LogP contribution in [0.5, 0.6) is 0 Å². The molecule has 1 saturated heterocycles. The summed E-state index contributed by atoms with van der Waals surface area (Å²) in [6, 6.07) is 16.7. The molecule has 0 unspecified atom stereocenters. The molecule has 0 atom stereocenters. The van der Waals surface area contributed by atoms with E-state index in [9.17, 15) is 4.79 Å². The van der Waals surface area contributed by atoms with E-state index in [2.05, 4.69) is 50.8 Å². The molecule has 2 aromatic carbocycles. The standard InChI is InChI=1S/C27H30N4O2S/c1-19-3-11-23(12-4-19)30-15-17-31(18-16-30)24-13-9-21(10-14-24)26-29-28-25(34-26)20-5-7-22(8-6-20)27(32)33-2/h5-10,13-14,23H,1,3-4,11-12,15-18H2,2H3. The third kappa shape index (κ3) is 4.91. The Morgan fingerprint density at radius 2 is 1.47 bits per heavy atom. The van der Waals surface area contributed by atoms with Gasteiger partial charge in [0, 0.05) is 49.0 Å². The first-order chi connectivity index (χ1) is 16.6. The van der Waals surface area contributed by atoms with Gasteiger partial charge in [-0.3, -0.25) is 4.90 Å². The maximum Gasteiger partial charge on any atom is 0.337 e. The second-order valence-corrected chi connectivity index (χ2v) is 10.0. The highest BCUT2D eigenvalue weighted by Gasteiger charge is 2.26. The van der Waals surface area contributed by atoms with Gasteiger partial charge in [-0.15, -0.1) is 10.2 Å².